The Balaban J connectivity index is 2.35. The number of carbonyl (C=O) groups is 1. The lowest BCUT2D eigenvalue weighted by Gasteiger charge is -2.06. The number of benzene rings is 1. The van der Waals surface area contributed by atoms with E-state index in [1.807, 2.05) is 18.2 Å². The zero-order valence-electron chi connectivity index (χ0n) is 7.29. The minimum absolute atomic E-state index is 0.142. The lowest BCUT2D eigenvalue weighted by Crippen LogP contribution is -2.05. The third-order valence-electron chi connectivity index (χ3n) is 2.50. The van der Waals surface area contributed by atoms with Crippen LogP contribution in [0, 0.1) is 0 Å². The van der Waals surface area contributed by atoms with Crippen LogP contribution in [0.25, 0.3) is 0 Å². The largest absolute Gasteiger partial charge is 0.329 e. The summed E-state index contributed by atoms with van der Waals surface area (Å²) in [5.41, 5.74) is 9.20. The summed E-state index contributed by atoms with van der Waals surface area (Å²) in [4.78, 5) is 10.2. The molecule has 1 aliphatic carbocycles. The van der Waals surface area contributed by atoms with Crippen molar-refractivity contribution in [3.63, 3.8) is 0 Å². The number of carbonyl (C=O) groups excluding carboxylic acids is 1. The van der Waals surface area contributed by atoms with Gasteiger partial charge < -0.3 is 11.1 Å². The van der Waals surface area contributed by atoms with Crippen LogP contribution in [0.5, 0.6) is 0 Å². The summed E-state index contributed by atoms with van der Waals surface area (Å²) in [6, 6.07) is 6.05. The second-order valence-electron chi connectivity index (χ2n) is 3.32. The van der Waals surface area contributed by atoms with E-state index in [1.165, 1.54) is 11.1 Å². The van der Waals surface area contributed by atoms with Crippen molar-refractivity contribution >= 4 is 12.1 Å². The molecule has 0 spiro atoms. The maximum absolute atomic E-state index is 10.2. The zero-order chi connectivity index (χ0) is 9.26. The predicted octanol–water partition coefficient (Wildman–Crippen LogP) is 1.20. The van der Waals surface area contributed by atoms with Crippen LogP contribution in [-0.2, 0) is 11.2 Å². The van der Waals surface area contributed by atoms with Crippen molar-refractivity contribution in [3.05, 3.63) is 29.3 Å². The van der Waals surface area contributed by atoms with Crippen LogP contribution in [0.2, 0.25) is 0 Å². The quantitative estimate of drug-likeness (QED) is 0.665. The number of aryl methyl sites for hydroxylation is 1. The molecule has 13 heavy (non-hydrogen) atoms. The van der Waals surface area contributed by atoms with Gasteiger partial charge in [-0.15, -0.1) is 0 Å². The Bertz CT molecular complexity index is 336. The van der Waals surface area contributed by atoms with Gasteiger partial charge in [-0.25, -0.2) is 0 Å². The number of hydrogen-bond donors (Lipinski definition) is 2. The number of amides is 1. The molecule has 0 aromatic heterocycles. The molecule has 0 fully saturated rings. The van der Waals surface area contributed by atoms with Gasteiger partial charge in [-0.3, -0.25) is 4.79 Å². The molecule has 1 amide bonds. The summed E-state index contributed by atoms with van der Waals surface area (Å²) in [6.45, 7) is 0. The van der Waals surface area contributed by atoms with Gasteiger partial charge in [0.05, 0.1) is 0 Å². The fraction of sp³-hybridized carbons (Fsp3) is 0.300. The normalized spacial score (nSPS) is 19.6. The molecule has 68 valence electrons. The van der Waals surface area contributed by atoms with E-state index in [0.29, 0.717) is 6.41 Å². The van der Waals surface area contributed by atoms with Gasteiger partial charge in [0.2, 0.25) is 6.41 Å². The van der Waals surface area contributed by atoms with E-state index in [-0.39, 0.29) is 6.04 Å². The Morgan fingerprint density at radius 1 is 1.54 bits per heavy atom. The number of fused-ring (bicyclic) bond motifs is 1. The molecule has 3 heteroatoms. The number of nitrogens with two attached hydrogens (primary N) is 1. The van der Waals surface area contributed by atoms with Crippen LogP contribution in [0.15, 0.2) is 18.2 Å². The lowest BCUT2D eigenvalue weighted by atomic mass is 10.1. The highest BCUT2D eigenvalue weighted by molar-refractivity contribution is 5.72. The average molecular weight is 176 g/mol. The predicted molar refractivity (Wildman–Crippen MR) is 51.4 cm³/mol. The molecule has 1 aliphatic rings. The van der Waals surface area contributed by atoms with E-state index >= 15 is 0 Å². The van der Waals surface area contributed by atoms with Crippen molar-refractivity contribution in [1.29, 1.82) is 0 Å². The summed E-state index contributed by atoms with van der Waals surface area (Å²) in [6.07, 6.45) is 2.75. The van der Waals surface area contributed by atoms with Gasteiger partial charge in [-0.05, 0) is 36.1 Å². The maximum atomic E-state index is 10.2. The van der Waals surface area contributed by atoms with Crippen LogP contribution >= 0.6 is 0 Å². The molecule has 1 aromatic carbocycles. The van der Waals surface area contributed by atoms with Gasteiger partial charge in [0.1, 0.15) is 0 Å². The highest BCUT2D eigenvalue weighted by Gasteiger charge is 2.18. The third-order valence-corrected chi connectivity index (χ3v) is 2.50. The molecule has 1 unspecified atom stereocenters. The van der Waals surface area contributed by atoms with Crippen molar-refractivity contribution in [2.45, 2.75) is 18.9 Å². The lowest BCUT2D eigenvalue weighted by molar-refractivity contribution is -0.105. The monoisotopic (exact) mass is 176 g/mol. The summed E-state index contributed by atoms with van der Waals surface area (Å²) in [5.74, 6) is 0. The molecule has 0 radical (unpaired) electrons. The summed E-state index contributed by atoms with van der Waals surface area (Å²) < 4.78 is 0. The van der Waals surface area contributed by atoms with Gasteiger partial charge in [-0.1, -0.05) is 6.07 Å². The van der Waals surface area contributed by atoms with Crippen LogP contribution in [-0.4, -0.2) is 6.41 Å². The van der Waals surface area contributed by atoms with Crippen LogP contribution in [0.3, 0.4) is 0 Å². The molecule has 0 saturated carbocycles. The van der Waals surface area contributed by atoms with Gasteiger partial charge in [0.25, 0.3) is 0 Å². The first-order valence-electron chi connectivity index (χ1n) is 4.40. The fourth-order valence-corrected chi connectivity index (χ4v) is 1.79. The molecule has 1 atom stereocenters. The first-order chi connectivity index (χ1) is 6.31. The topological polar surface area (TPSA) is 55.1 Å². The Labute approximate surface area is 76.9 Å². The van der Waals surface area contributed by atoms with Crippen LogP contribution < -0.4 is 11.1 Å². The first kappa shape index (κ1) is 8.26. The average Bonchev–Trinajstić information content (AvgIpc) is 2.49. The van der Waals surface area contributed by atoms with Crippen molar-refractivity contribution in [1.82, 2.24) is 0 Å². The second-order valence-corrected chi connectivity index (χ2v) is 3.32. The van der Waals surface area contributed by atoms with Gasteiger partial charge in [0, 0.05) is 11.7 Å². The van der Waals surface area contributed by atoms with E-state index in [0.717, 1.165) is 18.5 Å². The van der Waals surface area contributed by atoms with Gasteiger partial charge >= 0.3 is 0 Å². The highest BCUT2D eigenvalue weighted by Crippen LogP contribution is 2.30. The van der Waals surface area contributed by atoms with E-state index in [9.17, 15) is 4.79 Å². The molecule has 0 heterocycles. The SMILES string of the molecule is NC1CCc2ccc(NC=O)cc21. The highest BCUT2D eigenvalue weighted by atomic mass is 16.1. The first-order valence-corrected chi connectivity index (χ1v) is 4.40. The maximum Gasteiger partial charge on any atom is 0.211 e. The molecule has 1 aromatic rings. The smallest absolute Gasteiger partial charge is 0.211 e. The molecule has 3 N–H and O–H groups in total. The molecular formula is C10H12N2O. The van der Waals surface area contributed by atoms with Crippen molar-refractivity contribution in [2.24, 2.45) is 5.73 Å². The van der Waals surface area contributed by atoms with Crippen molar-refractivity contribution in [3.8, 4) is 0 Å². The van der Waals surface area contributed by atoms with E-state index in [4.69, 9.17) is 5.73 Å². The molecule has 0 saturated heterocycles. The standard InChI is InChI=1S/C10H12N2O/c11-10-4-2-7-1-3-8(12-6-13)5-9(7)10/h1,3,5-6,10H,2,4,11H2,(H,12,13). The second kappa shape index (κ2) is 3.18. The van der Waals surface area contributed by atoms with Crippen molar-refractivity contribution in [2.75, 3.05) is 5.32 Å². The number of hydrogen-bond acceptors (Lipinski definition) is 2. The third kappa shape index (κ3) is 1.42. The van der Waals surface area contributed by atoms with E-state index in [2.05, 4.69) is 5.32 Å². The van der Waals surface area contributed by atoms with Crippen molar-refractivity contribution < 1.29 is 4.79 Å². The molecule has 0 bridgehead atoms. The number of rotatable bonds is 2. The minimum Gasteiger partial charge on any atom is -0.329 e. The molecule has 0 aliphatic heterocycles. The van der Waals surface area contributed by atoms with Crippen LogP contribution in [0.4, 0.5) is 5.69 Å². The Hall–Kier alpha value is -1.35. The number of anilines is 1. The van der Waals surface area contributed by atoms with E-state index < -0.39 is 0 Å². The molecular weight excluding hydrogens is 164 g/mol. The van der Waals surface area contributed by atoms with Gasteiger partial charge in [0.15, 0.2) is 0 Å². The van der Waals surface area contributed by atoms with Gasteiger partial charge in [-0.2, -0.15) is 0 Å². The summed E-state index contributed by atoms with van der Waals surface area (Å²) in [5, 5.41) is 2.62. The Morgan fingerprint density at radius 3 is 3.15 bits per heavy atom. The van der Waals surface area contributed by atoms with E-state index in [1.54, 1.807) is 0 Å². The fourth-order valence-electron chi connectivity index (χ4n) is 1.79. The molecule has 2 rings (SSSR count). The number of nitrogens with one attached hydrogen (secondary N) is 1. The minimum atomic E-state index is 0.142. The summed E-state index contributed by atoms with van der Waals surface area (Å²) in [7, 11) is 0. The zero-order valence-corrected chi connectivity index (χ0v) is 7.29. The Kier molecular flexibility index (Phi) is 2.02. The summed E-state index contributed by atoms with van der Waals surface area (Å²) >= 11 is 0. The Morgan fingerprint density at radius 2 is 2.38 bits per heavy atom. The molecule has 3 nitrogen and oxygen atoms in total. The van der Waals surface area contributed by atoms with Crippen LogP contribution in [0.1, 0.15) is 23.6 Å².